The van der Waals surface area contributed by atoms with Crippen molar-refractivity contribution in [1.82, 2.24) is 25.3 Å². The molecule has 0 saturated carbocycles. The summed E-state index contributed by atoms with van der Waals surface area (Å²) in [6.07, 6.45) is 2.06. The summed E-state index contributed by atoms with van der Waals surface area (Å²) in [5.41, 5.74) is 4.27. The number of aromatic amines is 1. The van der Waals surface area contributed by atoms with Gasteiger partial charge < -0.3 is 5.32 Å². The van der Waals surface area contributed by atoms with Gasteiger partial charge in [-0.15, -0.1) is 0 Å². The lowest BCUT2D eigenvalue weighted by molar-refractivity contribution is 0.630. The van der Waals surface area contributed by atoms with Crippen molar-refractivity contribution in [3.63, 3.8) is 0 Å². The molecule has 5 nitrogen and oxygen atoms in total. The van der Waals surface area contributed by atoms with Crippen molar-refractivity contribution in [2.24, 2.45) is 0 Å². The quantitative estimate of drug-likeness (QED) is 0.735. The van der Waals surface area contributed by atoms with Crippen molar-refractivity contribution in [2.45, 2.75) is 33.5 Å². The van der Waals surface area contributed by atoms with E-state index in [1.54, 1.807) is 18.2 Å². The van der Waals surface area contributed by atoms with Crippen LogP contribution in [0.4, 0.5) is 4.39 Å². The fraction of sp³-hybridized carbons (Fsp3) is 0.294. The fourth-order valence-electron chi connectivity index (χ4n) is 2.49. The molecular weight excluding hydrogens is 293 g/mol. The van der Waals surface area contributed by atoms with E-state index in [9.17, 15) is 4.39 Å². The molecule has 2 aromatic heterocycles. The van der Waals surface area contributed by atoms with Crippen LogP contribution in [0.25, 0.3) is 11.3 Å². The van der Waals surface area contributed by atoms with E-state index in [0.717, 1.165) is 24.5 Å². The Morgan fingerprint density at radius 2 is 2.09 bits per heavy atom. The zero-order valence-electron chi connectivity index (χ0n) is 13.3. The Hall–Kier alpha value is -2.47. The number of aromatic nitrogens is 4. The van der Waals surface area contributed by atoms with Crippen LogP contribution in [0.5, 0.6) is 0 Å². The molecule has 0 saturated heterocycles. The predicted octanol–water partition coefficient (Wildman–Crippen LogP) is 3.03. The predicted molar refractivity (Wildman–Crippen MR) is 87.2 cm³/mol. The van der Waals surface area contributed by atoms with Crippen LogP contribution >= 0.6 is 0 Å². The highest BCUT2D eigenvalue weighted by atomic mass is 19.1. The number of H-pyrrole nitrogens is 1. The molecule has 0 aliphatic carbocycles. The Balaban J connectivity index is 1.61. The molecule has 1 aromatic carbocycles. The minimum atomic E-state index is -0.263. The molecule has 3 aromatic rings. The van der Waals surface area contributed by atoms with Gasteiger partial charge in [-0.3, -0.25) is 9.78 Å². The summed E-state index contributed by atoms with van der Waals surface area (Å²) in [4.78, 5) is 0. The van der Waals surface area contributed by atoms with Gasteiger partial charge in [-0.2, -0.15) is 10.2 Å². The lowest BCUT2D eigenvalue weighted by Crippen LogP contribution is -2.13. The molecule has 6 heteroatoms. The van der Waals surface area contributed by atoms with Crippen molar-refractivity contribution < 1.29 is 4.39 Å². The molecule has 0 radical (unpaired) electrons. The normalized spacial score (nSPS) is 11.1. The zero-order chi connectivity index (χ0) is 16.2. The van der Waals surface area contributed by atoms with Crippen LogP contribution in [-0.2, 0) is 19.6 Å². The molecule has 0 aliphatic rings. The fourth-order valence-corrected chi connectivity index (χ4v) is 2.49. The Kier molecular flexibility index (Phi) is 4.52. The Morgan fingerprint density at radius 3 is 2.83 bits per heavy atom. The van der Waals surface area contributed by atoms with Gasteiger partial charge in [0.05, 0.1) is 11.4 Å². The molecule has 0 amide bonds. The van der Waals surface area contributed by atoms with Gasteiger partial charge in [0.25, 0.3) is 0 Å². The highest BCUT2D eigenvalue weighted by molar-refractivity contribution is 5.59. The minimum Gasteiger partial charge on any atom is -0.307 e. The Bertz CT molecular complexity index is 790. The second-order valence-corrected chi connectivity index (χ2v) is 5.46. The average molecular weight is 313 g/mol. The third-order valence-electron chi connectivity index (χ3n) is 3.78. The number of hydrogen-bond donors (Lipinski definition) is 2. The first-order valence-electron chi connectivity index (χ1n) is 7.70. The first kappa shape index (κ1) is 15.4. The number of halogens is 1. The first-order chi connectivity index (χ1) is 11.2. The van der Waals surface area contributed by atoms with E-state index >= 15 is 0 Å². The van der Waals surface area contributed by atoms with Gasteiger partial charge >= 0.3 is 0 Å². The van der Waals surface area contributed by atoms with Gasteiger partial charge in [-0.25, -0.2) is 4.39 Å². The van der Waals surface area contributed by atoms with Gasteiger partial charge in [0.1, 0.15) is 5.82 Å². The van der Waals surface area contributed by atoms with Crippen LogP contribution in [0, 0.1) is 12.7 Å². The Labute approximate surface area is 134 Å². The van der Waals surface area contributed by atoms with Crippen LogP contribution in [0.2, 0.25) is 0 Å². The summed E-state index contributed by atoms with van der Waals surface area (Å²) in [7, 11) is 0. The first-order valence-corrected chi connectivity index (χ1v) is 7.70. The summed E-state index contributed by atoms with van der Waals surface area (Å²) in [6, 6.07) is 8.51. The molecule has 0 unspecified atom stereocenters. The van der Waals surface area contributed by atoms with Gasteiger partial charge in [0, 0.05) is 42.7 Å². The van der Waals surface area contributed by atoms with Crippen molar-refractivity contribution in [3.05, 3.63) is 59.3 Å². The molecule has 3 rings (SSSR count). The van der Waals surface area contributed by atoms with Crippen LogP contribution in [-0.4, -0.2) is 20.0 Å². The summed E-state index contributed by atoms with van der Waals surface area (Å²) >= 11 is 0. The number of benzene rings is 1. The largest absolute Gasteiger partial charge is 0.307 e. The van der Waals surface area contributed by atoms with E-state index in [1.165, 1.54) is 11.6 Å². The summed E-state index contributed by atoms with van der Waals surface area (Å²) < 4.78 is 15.7. The summed E-state index contributed by atoms with van der Waals surface area (Å²) in [6.45, 7) is 6.32. The molecule has 0 aliphatic heterocycles. The van der Waals surface area contributed by atoms with Gasteiger partial charge in [0.15, 0.2) is 0 Å². The maximum absolute atomic E-state index is 13.8. The molecular formula is C17H20FN5. The second kappa shape index (κ2) is 6.75. The van der Waals surface area contributed by atoms with Crippen LogP contribution in [0.1, 0.15) is 23.9 Å². The molecule has 2 heterocycles. The van der Waals surface area contributed by atoms with E-state index in [-0.39, 0.29) is 5.82 Å². The van der Waals surface area contributed by atoms with E-state index in [2.05, 4.69) is 33.7 Å². The van der Waals surface area contributed by atoms with Crippen LogP contribution < -0.4 is 5.32 Å². The Morgan fingerprint density at radius 1 is 1.26 bits per heavy atom. The third kappa shape index (κ3) is 3.48. The highest BCUT2D eigenvalue weighted by Gasteiger charge is 2.09. The standard InChI is InChI=1S/C17H20FN5/c1-3-23-11-13(12(2)22-23)9-19-10-14-8-17(21-20-14)15-6-4-5-7-16(15)18/h4-8,11,19H,3,9-10H2,1-2H3,(H,20,21). The van der Waals surface area contributed by atoms with E-state index in [4.69, 9.17) is 0 Å². The van der Waals surface area contributed by atoms with Gasteiger partial charge in [-0.1, -0.05) is 12.1 Å². The van der Waals surface area contributed by atoms with Crippen molar-refractivity contribution in [1.29, 1.82) is 0 Å². The van der Waals surface area contributed by atoms with Crippen LogP contribution in [0.3, 0.4) is 0 Å². The summed E-state index contributed by atoms with van der Waals surface area (Å²) in [5.74, 6) is -0.263. The molecule has 2 N–H and O–H groups in total. The molecule has 0 spiro atoms. The SMILES string of the molecule is CCn1cc(CNCc2cc(-c3ccccc3F)n[nH]2)c(C)n1. The molecule has 0 fully saturated rings. The molecule has 0 atom stereocenters. The van der Waals surface area contributed by atoms with E-state index in [0.29, 0.717) is 17.8 Å². The second-order valence-electron chi connectivity index (χ2n) is 5.46. The molecule has 120 valence electrons. The summed E-state index contributed by atoms with van der Waals surface area (Å²) in [5, 5.41) is 14.9. The average Bonchev–Trinajstić information content (AvgIpc) is 3.15. The topological polar surface area (TPSA) is 58.5 Å². The maximum Gasteiger partial charge on any atom is 0.132 e. The molecule has 0 bridgehead atoms. The highest BCUT2D eigenvalue weighted by Crippen LogP contribution is 2.20. The van der Waals surface area contributed by atoms with Crippen molar-refractivity contribution >= 4 is 0 Å². The number of rotatable bonds is 6. The zero-order valence-corrected chi connectivity index (χ0v) is 13.3. The number of nitrogens with zero attached hydrogens (tertiary/aromatic N) is 3. The number of nitrogens with one attached hydrogen (secondary N) is 2. The van der Waals surface area contributed by atoms with Crippen molar-refractivity contribution in [2.75, 3.05) is 0 Å². The van der Waals surface area contributed by atoms with Gasteiger partial charge in [0.2, 0.25) is 0 Å². The monoisotopic (exact) mass is 313 g/mol. The maximum atomic E-state index is 13.8. The van der Waals surface area contributed by atoms with Crippen LogP contribution in [0.15, 0.2) is 36.5 Å². The van der Waals surface area contributed by atoms with Gasteiger partial charge in [-0.05, 0) is 32.0 Å². The van der Waals surface area contributed by atoms with Crippen molar-refractivity contribution in [3.8, 4) is 11.3 Å². The molecule has 23 heavy (non-hydrogen) atoms. The minimum absolute atomic E-state index is 0.263. The number of aryl methyl sites for hydroxylation is 2. The van der Waals surface area contributed by atoms with E-state index in [1.807, 2.05) is 17.7 Å². The third-order valence-corrected chi connectivity index (χ3v) is 3.78. The van der Waals surface area contributed by atoms with E-state index < -0.39 is 0 Å². The lowest BCUT2D eigenvalue weighted by atomic mass is 10.1. The number of hydrogen-bond acceptors (Lipinski definition) is 3. The lowest BCUT2D eigenvalue weighted by Gasteiger charge is -2.01. The smallest absolute Gasteiger partial charge is 0.132 e.